The van der Waals surface area contributed by atoms with Crippen LogP contribution in [0.4, 0.5) is 0 Å². The summed E-state index contributed by atoms with van der Waals surface area (Å²) in [6.07, 6.45) is 2.76. The van der Waals surface area contributed by atoms with Crippen molar-refractivity contribution in [2.24, 2.45) is 5.41 Å². The Bertz CT molecular complexity index is 787. The van der Waals surface area contributed by atoms with Gasteiger partial charge in [0.1, 0.15) is 0 Å². The second-order valence-electron chi connectivity index (χ2n) is 7.27. The minimum Gasteiger partial charge on any atom is -0.356 e. The minimum absolute atomic E-state index is 0.0674. The van der Waals surface area contributed by atoms with E-state index in [-0.39, 0.29) is 11.8 Å². The van der Waals surface area contributed by atoms with Gasteiger partial charge in [-0.25, -0.2) is 0 Å². The highest BCUT2D eigenvalue weighted by Gasteiger charge is 2.45. The van der Waals surface area contributed by atoms with Gasteiger partial charge in [-0.2, -0.15) is 0 Å². The van der Waals surface area contributed by atoms with Crippen LogP contribution in [-0.4, -0.2) is 36.3 Å². The van der Waals surface area contributed by atoms with Gasteiger partial charge in [-0.05, 0) is 48.8 Å². The van der Waals surface area contributed by atoms with Crippen molar-refractivity contribution in [1.82, 2.24) is 10.2 Å². The third-order valence-electron chi connectivity index (χ3n) is 5.32. The van der Waals surface area contributed by atoms with Gasteiger partial charge in [0.05, 0.1) is 5.41 Å². The van der Waals surface area contributed by atoms with E-state index in [0.717, 1.165) is 6.42 Å². The molecule has 2 aromatic rings. The summed E-state index contributed by atoms with van der Waals surface area (Å²) in [7, 11) is 0. The van der Waals surface area contributed by atoms with Crippen LogP contribution in [0.25, 0.3) is 10.4 Å². The molecule has 1 aromatic heterocycles. The first-order valence-corrected chi connectivity index (χ1v) is 10.7. The van der Waals surface area contributed by atoms with Gasteiger partial charge in [0.25, 0.3) is 0 Å². The van der Waals surface area contributed by atoms with Gasteiger partial charge in [-0.1, -0.05) is 37.3 Å². The summed E-state index contributed by atoms with van der Waals surface area (Å²) in [6.45, 7) is 5.74. The molecule has 0 radical (unpaired) electrons. The summed E-state index contributed by atoms with van der Waals surface area (Å²) in [5, 5.41) is 5.10. The van der Waals surface area contributed by atoms with Crippen LogP contribution in [0.3, 0.4) is 0 Å². The van der Waals surface area contributed by atoms with Gasteiger partial charge in [0.2, 0.25) is 11.8 Å². The quantitative estimate of drug-likeness (QED) is 0.781. The molecule has 1 fully saturated rings. The Morgan fingerprint density at radius 2 is 2.00 bits per heavy atom. The van der Waals surface area contributed by atoms with Crippen molar-refractivity contribution in [2.45, 2.75) is 39.5 Å². The molecule has 3 rings (SSSR count). The van der Waals surface area contributed by atoms with Gasteiger partial charge in [-0.3, -0.25) is 9.59 Å². The van der Waals surface area contributed by atoms with E-state index >= 15 is 0 Å². The molecule has 144 valence electrons. The number of nitrogens with one attached hydrogen (secondary N) is 1. The molecule has 0 aliphatic carbocycles. The minimum atomic E-state index is -0.549. The van der Waals surface area contributed by atoms with E-state index in [1.165, 1.54) is 16.0 Å². The zero-order valence-electron chi connectivity index (χ0n) is 16.2. The highest BCUT2D eigenvalue weighted by molar-refractivity contribution is 7.13. The van der Waals surface area contributed by atoms with Crippen molar-refractivity contribution in [3.63, 3.8) is 0 Å². The van der Waals surface area contributed by atoms with Gasteiger partial charge >= 0.3 is 0 Å². The van der Waals surface area contributed by atoms with Crippen molar-refractivity contribution in [1.29, 1.82) is 0 Å². The molecular formula is C22H28N2O2S. The molecular weight excluding hydrogens is 356 g/mol. The van der Waals surface area contributed by atoms with Crippen LogP contribution in [0.15, 0.2) is 41.8 Å². The van der Waals surface area contributed by atoms with E-state index < -0.39 is 5.41 Å². The lowest BCUT2D eigenvalue weighted by atomic mass is 9.78. The van der Waals surface area contributed by atoms with Crippen LogP contribution < -0.4 is 5.32 Å². The molecule has 1 saturated heterocycles. The van der Waals surface area contributed by atoms with Crippen LogP contribution in [0.2, 0.25) is 0 Å². The third-order valence-corrected chi connectivity index (χ3v) is 6.23. The lowest BCUT2D eigenvalue weighted by molar-refractivity contribution is -0.133. The first-order valence-electron chi connectivity index (χ1n) is 9.77. The van der Waals surface area contributed by atoms with Crippen LogP contribution >= 0.6 is 11.3 Å². The van der Waals surface area contributed by atoms with Crippen LogP contribution in [0.1, 0.15) is 38.7 Å². The largest absolute Gasteiger partial charge is 0.356 e. The SMILES string of the molecule is CCCC(=O)N1CC[C@](Cc2ccccc2-c2cccs2)(C(=O)NCC)C1. The van der Waals surface area contributed by atoms with E-state index in [4.69, 9.17) is 0 Å². The van der Waals surface area contributed by atoms with Crippen LogP contribution in [-0.2, 0) is 16.0 Å². The lowest BCUT2D eigenvalue weighted by Gasteiger charge is -2.29. The first kappa shape index (κ1) is 19.6. The van der Waals surface area contributed by atoms with Crippen LogP contribution in [0, 0.1) is 5.41 Å². The van der Waals surface area contributed by atoms with E-state index in [0.29, 0.717) is 38.9 Å². The number of rotatable bonds is 7. The van der Waals surface area contributed by atoms with Crippen molar-refractivity contribution in [3.05, 3.63) is 47.3 Å². The Kier molecular flexibility index (Phi) is 6.32. The van der Waals surface area contributed by atoms with Crippen molar-refractivity contribution in [3.8, 4) is 10.4 Å². The molecule has 1 aliphatic heterocycles. The number of amides is 2. The molecule has 4 nitrogen and oxygen atoms in total. The number of carbonyl (C=O) groups is 2. The predicted molar refractivity (Wildman–Crippen MR) is 111 cm³/mol. The van der Waals surface area contributed by atoms with E-state index in [2.05, 4.69) is 35.0 Å². The van der Waals surface area contributed by atoms with E-state index in [9.17, 15) is 9.59 Å². The molecule has 0 spiro atoms. The third kappa shape index (κ3) is 4.24. The average molecular weight is 385 g/mol. The number of nitrogens with zero attached hydrogens (tertiary/aromatic N) is 1. The number of benzene rings is 1. The van der Waals surface area contributed by atoms with Gasteiger partial charge in [-0.15, -0.1) is 11.3 Å². The molecule has 2 amide bonds. The molecule has 1 aromatic carbocycles. The van der Waals surface area contributed by atoms with Gasteiger partial charge in [0.15, 0.2) is 0 Å². The number of likely N-dealkylation sites (tertiary alicyclic amines) is 1. The van der Waals surface area contributed by atoms with Crippen LogP contribution in [0.5, 0.6) is 0 Å². The summed E-state index contributed by atoms with van der Waals surface area (Å²) in [5.41, 5.74) is 1.82. The summed E-state index contributed by atoms with van der Waals surface area (Å²) in [5.74, 6) is 0.230. The molecule has 0 bridgehead atoms. The van der Waals surface area contributed by atoms with Gasteiger partial charge in [0, 0.05) is 30.9 Å². The maximum absolute atomic E-state index is 13.0. The molecule has 2 heterocycles. The van der Waals surface area contributed by atoms with Crippen molar-refractivity contribution in [2.75, 3.05) is 19.6 Å². The molecule has 1 atom stereocenters. The Balaban J connectivity index is 1.90. The predicted octanol–water partition coefficient (Wildman–Crippen LogP) is 4.11. The molecule has 1 N–H and O–H groups in total. The number of carbonyl (C=O) groups excluding carboxylic acids is 2. The normalized spacial score (nSPS) is 19.3. The van der Waals surface area contributed by atoms with Gasteiger partial charge < -0.3 is 10.2 Å². The Morgan fingerprint density at radius 3 is 2.70 bits per heavy atom. The Hall–Kier alpha value is -2.14. The fourth-order valence-electron chi connectivity index (χ4n) is 3.93. The van der Waals surface area contributed by atoms with Crippen molar-refractivity contribution >= 4 is 23.2 Å². The van der Waals surface area contributed by atoms with E-state index in [1.54, 1.807) is 11.3 Å². The molecule has 5 heteroatoms. The Morgan fingerprint density at radius 1 is 1.19 bits per heavy atom. The highest BCUT2D eigenvalue weighted by Crippen LogP contribution is 2.38. The summed E-state index contributed by atoms with van der Waals surface area (Å²) in [6, 6.07) is 12.5. The smallest absolute Gasteiger partial charge is 0.228 e. The number of thiophene rings is 1. The summed E-state index contributed by atoms with van der Waals surface area (Å²) >= 11 is 1.71. The standard InChI is InChI=1S/C22H28N2O2S/c1-3-8-20(25)24-13-12-22(16-24,21(26)23-4-2)15-17-9-5-6-10-18(17)19-11-7-14-27-19/h5-7,9-11,14H,3-4,8,12-13,15-16H2,1-2H3,(H,23,26)/t22-/m1/s1. The summed E-state index contributed by atoms with van der Waals surface area (Å²) < 4.78 is 0. The number of hydrogen-bond donors (Lipinski definition) is 1. The fourth-order valence-corrected chi connectivity index (χ4v) is 4.71. The Labute approximate surface area is 165 Å². The average Bonchev–Trinajstić information content (AvgIpc) is 3.33. The zero-order chi connectivity index (χ0) is 19.3. The van der Waals surface area contributed by atoms with E-state index in [1.807, 2.05) is 30.9 Å². The monoisotopic (exact) mass is 384 g/mol. The van der Waals surface area contributed by atoms with Crippen molar-refractivity contribution < 1.29 is 9.59 Å². The lowest BCUT2D eigenvalue weighted by Crippen LogP contribution is -2.45. The second-order valence-corrected chi connectivity index (χ2v) is 8.21. The second kappa shape index (κ2) is 8.70. The summed E-state index contributed by atoms with van der Waals surface area (Å²) in [4.78, 5) is 28.6. The maximum Gasteiger partial charge on any atom is 0.228 e. The highest BCUT2D eigenvalue weighted by atomic mass is 32.1. The zero-order valence-corrected chi connectivity index (χ0v) is 17.0. The number of hydrogen-bond acceptors (Lipinski definition) is 3. The fraction of sp³-hybridized carbons (Fsp3) is 0.455. The molecule has 0 saturated carbocycles. The topological polar surface area (TPSA) is 49.4 Å². The maximum atomic E-state index is 13.0. The first-order chi connectivity index (χ1) is 13.1. The molecule has 27 heavy (non-hydrogen) atoms. The molecule has 1 aliphatic rings. The molecule has 0 unspecified atom stereocenters.